The van der Waals surface area contributed by atoms with Gasteiger partial charge in [-0.25, -0.2) is 4.39 Å². The first-order valence-electron chi connectivity index (χ1n) is 4.68. The summed E-state index contributed by atoms with van der Waals surface area (Å²) in [5.41, 5.74) is 0.274. The lowest BCUT2D eigenvalue weighted by molar-refractivity contribution is 0.0757. The Morgan fingerprint density at radius 2 is 2.33 bits per heavy atom. The van der Waals surface area contributed by atoms with E-state index in [1.54, 1.807) is 0 Å². The summed E-state index contributed by atoms with van der Waals surface area (Å²) in [4.78, 5) is 0. The highest BCUT2D eigenvalue weighted by molar-refractivity contribution is 6.32. The number of nitrogens with one attached hydrogen (secondary N) is 1. The zero-order chi connectivity index (χ0) is 10.8. The normalized spacial score (nSPS) is 21.6. The fourth-order valence-electron chi connectivity index (χ4n) is 1.63. The van der Waals surface area contributed by atoms with Gasteiger partial charge in [-0.3, -0.25) is 0 Å². The van der Waals surface area contributed by atoms with Gasteiger partial charge in [-0.05, 0) is 12.1 Å². The van der Waals surface area contributed by atoms with E-state index in [9.17, 15) is 9.50 Å². The van der Waals surface area contributed by atoms with E-state index < -0.39 is 5.82 Å². The molecule has 2 rings (SSSR count). The number of halogens is 2. The number of phenols is 1. The highest BCUT2D eigenvalue weighted by atomic mass is 35.5. The zero-order valence-electron chi connectivity index (χ0n) is 7.96. The first kappa shape index (κ1) is 10.7. The standard InChI is InChI=1S/C10H11ClFNO2/c11-10-8(14)2-1-6(12)9(10)7-5-15-4-3-13-7/h1-2,7,13-14H,3-5H2. The highest BCUT2D eigenvalue weighted by Crippen LogP contribution is 2.33. The van der Waals surface area contributed by atoms with Gasteiger partial charge in [0.25, 0.3) is 0 Å². The van der Waals surface area contributed by atoms with Crippen molar-refractivity contribution in [3.63, 3.8) is 0 Å². The van der Waals surface area contributed by atoms with Gasteiger partial charge in [0.15, 0.2) is 0 Å². The minimum atomic E-state index is -0.430. The van der Waals surface area contributed by atoms with Crippen LogP contribution >= 0.6 is 11.6 Å². The maximum Gasteiger partial charge on any atom is 0.134 e. The second-order valence-corrected chi connectivity index (χ2v) is 3.75. The van der Waals surface area contributed by atoms with Gasteiger partial charge in [0, 0.05) is 12.1 Å². The zero-order valence-corrected chi connectivity index (χ0v) is 8.72. The number of morpholine rings is 1. The Labute approximate surface area is 91.8 Å². The molecule has 1 aromatic rings. The molecule has 0 amide bonds. The van der Waals surface area contributed by atoms with Crippen LogP contribution < -0.4 is 5.32 Å². The van der Waals surface area contributed by atoms with E-state index in [-0.39, 0.29) is 22.4 Å². The number of ether oxygens (including phenoxy) is 1. The average Bonchev–Trinajstić information content (AvgIpc) is 2.26. The second kappa shape index (κ2) is 4.35. The maximum atomic E-state index is 13.5. The molecular formula is C10H11ClFNO2. The molecule has 2 N–H and O–H groups in total. The first-order valence-corrected chi connectivity index (χ1v) is 5.06. The molecule has 1 atom stereocenters. The predicted octanol–water partition coefficient (Wildman–Crippen LogP) is 1.85. The SMILES string of the molecule is Oc1ccc(F)c(C2COCCN2)c1Cl. The maximum absolute atomic E-state index is 13.5. The number of benzene rings is 1. The number of hydrogen-bond donors (Lipinski definition) is 2. The van der Waals surface area contributed by atoms with Crippen molar-refractivity contribution in [1.82, 2.24) is 5.32 Å². The third-order valence-corrected chi connectivity index (χ3v) is 2.77. The van der Waals surface area contributed by atoms with Crippen LogP contribution in [0.3, 0.4) is 0 Å². The molecule has 1 heterocycles. The summed E-state index contributed by atoms with van der Waals surface area (Å²) in [5.74, 6) is -0.541. The molecule has 3 nitrogen and oxygen atoms in total. The predicted molar refractivity (Wildman–Crippen MR) is 54.6 cm³/mol. The number of aromatic hydroxyl groups is 1. The lowest BCUT2D eigenvalue weighted by Crippen LogP contribution is -2.35. The van der Waals surface area contributed by atoms with Crippen molar-refractivity contribution in [2.45, 2.75) is 6.04 Å². The van der Waals surface area contributed by atoms with Crippen LogP contribution in [0, 0.1) is 5.82 Å². The largest absolute Gasteiger partial charge is 0.506 e. The summed E-state index contributed by atoms with van der Waals surface area (Å²) in [7, 11) is 0. The van der Waals surface area contributed by atoms with Gasteiger partial charge in [-0.15, -0.1) is 0 Å². The van der Waals surface area contributed by atoms with Crippen molar-refractivity contribution >= 4 is 11.6 Å². The molecule has 82 valence electrons. The topological polar surface area (TPSA) is 41.5 Å². The van der Waals surface area contributed by atoms with Gasteiger partial charge in [0.05, 0.1) is 24.3 Å². The average molecular weight is 232 g/mol. The third kappa shape index (κ3) is 2.07. The summed E-state index contributed by atoms with van der Waals surface area (Å²) in [6, 6.07) is 2.15. The lowest BCUT2D eigenvalue weighted by atomic mass is 10.1. The summed E-state index contributed by atoms with van der Waals surface area (Å²) in [5, 5.41) is 12.5. The van der Waals surface area contributed by atoms with E-state index in [4.69, 9.17) is 16.3 Å². The minimum Gasteiger partial charge on any atom is -0.506 e. The molecule has 1 aromatic carbocycles. The van der Waals surface area contributed by atoms with Crippen molar-refractivity contribution < 1.29 is 14.2 Å². The van der Waals surface area contributed by atoms with Crippen LogP contribution in [0.15, 0.2) is 12.1 Å². The Kier molecular flexibility index (Phi) is 3.09. The van der Waals surface area contributed by atoms with Crippen LogP contribution in [0.1, 0.15) is 11.6 Å². The molecule has 1 unspecified atom stereocenters. The molecule has 0 bridgehead atoms. The Balaban J connectivity index is 2.36. The summed E-state index contributed by atoms with van der Waals surface area (Å²) in [6.07, 6.45) is 0. The fraction of sp³-hybridized carbons (Fsp3) is 0.400. The van der Waals surface area contributed by atoms with Crippen LogP contribution in [0.25, 0.3) is 0 Å². The molecule has 0 saturated carbocycles. The lowest BCUT2D eigenvalue weighted by Gasteiger charge is -2.25. The van der Waals surface area contributed by atoms with Crippen molar-refractivity contribution in [3.05, 3.63) is 28.5 Å². The van der Waals surface area contributed by atoms with Gasteiger partial charge in [0.2, 0.25) is 0 Å². The van der Waals surface area contributed by atoms with Gasteiger partial charge < -0.3 is 15.2 Å². The molecule has 0 spiro atoms. The molecule has 0 aliphatic carbocycles. The molecule has 1 fully saturated rings. The van der Waals surface area contributed by atoms with E-state index in [0.29, 0.717) is 19.8 Å². The summed E-state index contributed by atoms with van der Waals surface area (Å²) < 4.78 is 18.7. The molecule has 1 saturated heterocycles. The van der Waals surface area contributed by atoms with Gasteiger partial charge in [-0.1, -0.05) is 11.6 Å². The quantitative estimate of drug-likeness (QED) is 0.775. The van der Waals surface area contributed by atoms with Crippen molar-refractivity contribution in [1.29, 1.82) is 0 Å². The number of rotatable bonds is 1. The Morgan fingerprint density at radius 3 is 3.00 bits per heavy atom. The molecule has 15 heavy (non-hydrogen) atoms. The smallest absolute Gasteiger partial charge is 0.134 e. The monoisotopic (exact) mass is 231 g/mol. The molecule has 0 aromatic heterocycles. The van der Waals surface area contributed by atoms with Crippen LogP contribution in [-0.4, -0.2) is 24.9 Å². The van der Waals surface area contributed by atoms with Crippen molar-refractivity contribution in [2.24, 2.45) is 0 Å². The Bertz CT molecular complexity index is 367. The molecule has 5 heteroatoms. The van der Waals surface area contributed by atoms with Crippen LogP contribution in [0.2, 0.25) is 5.02 Å². The Hall–Kier alpha value is -0.840. The Morgan fingerprint density at radius 1 is 1.53 bits per heavy atom. The number of hydrogen-bond acceptors (Lipinski definition) is 3. The first-order chi connectivity index (χ1) is 7.20. The summed E-state index contributed by atoms with van der Waals surface area (Å²) >= 11 is 5.85. The fourth-order valence-corrected chi connectivity index (χ4v) is 1.91. The van der Waals surface area contributed by atoms with Crippen LogP contribution in [-0.2, 0) is 4.74 Å². The van der Waals surface area contributed by atoms with E-state index in [1.165, 1.54) is 12.1 Å². The second-order valence-electron chi connectivity index (χ2n) is 3.38. The molecule has 1 aliphatic rings. The molecule has 0 radical (unpaired) electrons. The van der Waals surface area contributed by atoms with Crippen LogP contribution in [0.4, 0.5) is 4.39 Å². The van der Waals surface area contributed by atoms with Crippen molar-refractivity contribution in [2.75, 3.05) is 19.8 Å². The third-order valence-electron chi connectivity index (χ3n) is 2.38. The highest BCUT2D eigenvalue weighted by Gasteiger charge is 2.23. The van der Waals surface area contributed by atoms with E-state index >= 15 is 0 Å². The molecular weight excluding hydrogens is 221 g/mol. The van der Waals surface area contributed by atoms with Crippen LogP contribution in [0.5, 0.6) is 5.75 Å². The molecule has 1 aliphatic heterocycles. The van der Waals surface area contributed by atoms with Crippen molar-refractivity contribution in [3.8, 4) is 5.75 Å². The van der Waals surface area contributed by atoms with E-state index in [2.05, 4.69) is 5.32 Å². The van der Waals surface area contributed by atoms with Gasteiger partial charge >= 0.3 is 0 Å². The van der Waals surface area contributed by atoms with E-state index in [0.717, 1.165) is 0 Å². The van der Waals surface area contributed by atoms with Gasteiger partial charge in [-0.2, -0.15) is 0 Å². The van der Waals surface area contributed by atoms with E-state index in [1.807, 2.05) is 0 Å². The summed E-state index contributed by atoms with van der Waals surface area (Å²) in [6.45, 7) is 1.62. The minimum absolute atomic E-state index is 0.0537. The van der Waals surface area contributed by atoms with Gasteiger partial charge in [0.1, 0.15) is 11.6 Å². The number of phenolic OH excluding ortho intramolecular Hbond substituents is 1.